The molecule has 3 heteroatoms. The Morgan fingerprint density at radius 3 is 2.17 bits per heavy atom. The first kappa shape index (κ1) is 12.5. The number of aliphatic hydroxyl groups is 1. The molecule has 2 aromatic carbocycles. The Hall–Kier alpha value is -2.00. The molecule has 0 aliphatic rings. The zero-order valence-corrected chi connectivity index (χ0v) is 10.5. The van der Waals surface area contributed by atoms with Crippen LogP contribution in [0.1, 0.15) is 17.2 Å². The van der Waals surface area contributed by atoms with Gasteiger partial charge in [-0.2, -0.15) is 0 Å². The van der Waals surface area contributed by atoms with Crippen molar-refractivity contribution < 1.29 is 14.6 Å². The highest BCUT2D eigenvalue weighted by Gasteiger charge is 2.14. The SMILES string of the molecule is COc1ccc([C@H](O)c2ccccc2OC)cc1. The number of hydrogen-bond donors (Lipinski definition) is 1. The van der Waals surface area contributed by atoms with Crippen molar-refractivity contribution in [2.75, 3.05) is 14.2 Å². The van der Waals surface area contributed by atoms with Crippen LogP contribution in [0.4, 0.5) is 0 Å². The van der Waals surface area contributed by atoms with E-state index in [9.17, 15) is 5.11 Å². The van der Waals surface area contributed by atoms with E-state index in [0.717, 1.165) is 16.9 Å². The topological polar surface area (TPSA) is 38.7 Å². The van der Waals surface area contributed by atoms with Gasteiger partial charge in [0.1, 0.15) is 17.6 Å². The van der Waals surface area contributed by atoms with E-state index >= 15 is 0 Å². The number of hydrogen-bond acceptors (Lipinski definition) is 3. The van der Waals surface area contributed by atoms with Crippen molar-refractivity contribution in [1.82, 2.24) is 0 Å². The first-order chi connectivity index (χ1) is 8.76. The zero-order valence-electron chi connectivity index (χ0n) is 10.5. The zero-order chi connectivity index (χ0) is 13.0. The fourth-order valence-electron chi connectivity index (χ4n) is 1.86. The fourth-order valence-corrected chi connectivity index (χ4v) is 1.86. The number of rotatable bonds is 4. The molecule has 94 valence electrons. The van der Waals surface area contributed by atoms with Gasteiger partial charge in [0.2, 0.25) is 0 Å². The van der Waals surface area contributed by atoms with Gasteiger partial charge < -0.3 is 14.6 Å². The summed E-state index contributed by atoms with van der Waals surface area (Å²) in [6.07, 6.45) is -0.702. The summed E-state index contributed by atoms with van der Waals surface area (Å²) in [6, 6.07) is 14.8. The van der Waals surface area contributed by atoms with Gasteiger partial charge in [0.15, 0.2) is 0 Å². The first-order valence-corrected chi connectivity index (χ1v) is 5.71. The highest BCUT2D eigenvalue weighted by molar-refractivity contribution is 5.41. The number of para-hydroxylation sites is 1. The molecule has 0 spiro atoms. The summed E-state index contributed by atoms with van der Waals surface area (Å²) in [6.45, 7) is 0. The van der Waals surface area contributed by atoms with Crippen LogP contribution < -0.4 is 9.47 Å². The molecule has 18 heavy (non-hydrogen) atoms. The molecule has 0 amide bonds. The molecule has 2 aromatic rings. The molecule has 0 aromatic heterocycles. The molecule has 1 N–H and O–H groups in total. The van der Waals surface area contributed by atoms with Gasteiger partial charge in [0.25, 0.3) is 0 Å². The molecule has 0 saturated heterocycles. The van der Waals surface area contributed by atoms with Crippen LogP contribution in [0.5, 0.6) is 11.5 Å². The maximum absolute atomic E-state index is 10.3. The van der Waals surface area contributed by atoms with Crippen molar-refractivity contribution >= 4 is 0 Å². The minimum absolute atomic E-state index is 0.681. The largest absolute Gasteiger partial charge is 0.497 e. The molecule has 0 fully saturated rings. The molecule has 0 saturated carbocycles. The number of aliphatic hydroxyl groups excluding tert-OH is 1. The second-order valence-corrected chi connectivity index (χ2v) is 3.92. The van der Waals surface area contributed by atoms with Gasteiger partial charge in [-0.25, -0.2) is 0 Å². The van der Waals surface area contributed by atoms with Crippen LogP contribution in [0.25, 0.3) is 0 Å². The van der Waals surface area contributed by atoms with Crippen molar-refractivity contribution in [3.63, 3.8) is 0 Å². The van der Waals surface area contributed by atoms with Crippen LogP contribution in [0.15, 0.2) is 48.5 Å². The predicted octanol–water partition coefficient (Wildman–Crippen LogP) is 2.79. The van der Waals surface area contributed by atoms with E-state index in [4.69, 9.17) is 9.47 Å². The summed E-state index contributed by atoms with van der Waals surface area (Å²) in [5.74, 6) is 1.45. The molecule has 0 heterocycles. The number of ether oxygens (including phenoxy) is 2. The molecule has 0 radical (unpaired) electrons. The quantitative estimate of drug-likeness (QED) is 0.898. The standard InChI is InChI=1S/C15H16O3/c1-17-12-9-7-11(8-10-12)15(16)13-5-3-4-6-14(13)18-2/h3-10,15-16H,1-2H3/t15-/m0/s1. The highest BCUT2D eigenvalue weighted by Crippen LogP contribution is 2.30. The van der Waals surface area contributed by atoms with Crippen molar-refractivity contribution in [3.8, 4) is 11.5 Å². The summed E-state index contributed by atoms with van der Waals surface area (Å²) in [5, 5.41) is 10.3. The van der Waals surface area contributed by atoms with E-state index in [1.165, 1.54) is 0 Å². The lowest BCUT2D eigenvalue weighted by Gasteiger charge is -2.15. The van der Waals surface area contributed by atoms with Gasteiger partial charge in [-0.15, -0.1) is 0 Å². The van der Waals surface area contributed by atoms with Crippen LogP contribution in [0.2, 0.25) is 0 Å². The maximum Gasteiger partial charge on any atom is 0.125 e. The Bertz CT molecular complexity index is 505. The molecular formula is C15H16O3. The summed E-state index contributed by atoms with van der Waals surface area (Å²) < 4.78 is 10.3. The van der Waals surface area contributed by atoms with E-state index in [1.54, 1.807) is 14.2 Å². The fraction of sp³-hybridized carbons (Fsp3) is 0.200. The van der Waals surface area contributed by atoms with Gasteiger partial charge in [-0.3, -0.25) is 0 Å². The molecule has 2 rings (SSSR count). The van der Waals surface area contributed by atoms with Crippen LogP contribution in [-0.2, 0) is 0 Å². The van der Waals surface area contributed by atoms with E-state index in [2.05, 4.69) is 0 Å². The Labute approximate surface area is 107 Å². The number of methoxy groups -OCH3 is 2. The predicted molar refractivity (Wildman–Crippen MR) is 70.0 cm³/mol. The van der Waals surface area contributed by atoms with Gasteiger partial charge in [0.05, 0.1) is 14.2 Å². The highest BCUT2D eigenvalue weighted by atomic mass is 16.5. The van der Waals surface area contributed by atoms with Crippen molar-refractivity contribution in [3.05, 3.63) is 59.7 Å². The second-order valence-electron chi connectivity index (χ2n) is 3.92. The first-order valence-electron chi connectivity index (χ1n) is 5.71. The minimum atomic E-state index is -0.702. The lowest BCUT2D eigenvalue weighted by Crippen LogP contribution is -2.02. The lowest BCUT2D eigenvalue weighted by atomic mass is 10.0. The summed E-state index contributed by atoms with van der Waals surface area (Å²) in [4.78, 5) is 0. The monoisotopic (exact) mass is 244 g/mol. The molecule has 0 aliphatic carbocycles. The third-order valence-corrected chi connectivity index (χ3v) is 2.87. The third-order valence-electron chi connectivity index (χ3n) is 2.87. The van der Waals surface area contributed by atoms with Crippen molar-refractivity contribution in [2.24, 2.45) is 0 Å². The average Bonchev–Trinajstić information content (AvgIpc) is 2.46. The molecule has 0 bridgehead atoms. The molecule has 0 unspecified atom stereocenters. The van der Waals surface area contributed by atoms with Crippen molar-refractivity contribution in [2.45, 2.75) is 6.10 Å². The molecular weight excluding hydrogens is 228 g/mol. The van der Waals surface area contributed by atoms with Gasteiger partial charge in [0, 0.05) is 5.56 Å². The maximum atomic E-state index is 10.3. The van der Waals surface area contributed by atoms with Crippen molar-refractivity contribution in [1.29, 1.82) is 0 Å². The smallest absolute Gasteiger partial charge is 0.125 e. The summed E-state index contributed by atoms with van der Waals surface area (Å²) in [5.41, 5.74) is 1.56. The van der Waals surface area contributed by atoms with E-state index in [0.29, 0.717) is 5.75 Å². The Balaban J connectivity index is 2.31. The van der Waals surface area contributed by atoms with Crippen LogP contribution >= 0.6 is 0 Å². The molecule has 0 aliphatic heterocycles. The van der Waals surface area contributed by atoms with E-state index in [-0.39, 0.29) is 0 Å². The normalized spacial score (nSPS) is 11.9. The Morgan fingerprint density at radius 2 is 1.56 bits per heavy atom. The van der Waals surface area contributed by atoms with Gasteiger partial charge in [-0.1, -0.05) is 30.3 Å². The third kappa shape index (κ3) is 2.46. The van der Waals surface area contributed by atoms with E-state index < -0.39 is 6.10 Å². The lowest BCUT2D eigenvalue weighted by molar-refractivity contribution is 0.214. The molecule has 1 atom stereocenters. The van der Waals surface area contributed by atoms with Crippen LogP contribution in [0.3, 0.4) is 0 Å². The number of benzene rings is 2. The summed E-state index contributed by atoms with van der Waals surface area (Å²) >= 11 is 0. The minimum Gasteiger partial charge on any atom is -0.497 e. The van der Waals surface area contributed by atoms with Gasteiger partial charge >= 0.3 is 0 Å². The van der Waals surface area contributed by atoms with E-state index in [1.807, 2.05) is 48.5 Å². The van der Waals surface area contributed by atoms with Crippen LogP contribution in [0, 0.1) is 0 Å². The Kier molecular flexibility index (Phi) is 3.85. The average molecular weight is 244 g/mol. The summed E-state index contributed by atoms with van der Waals surface area (Å²) in [7, 11) is 3.21. The molecule has 3 nitrogen and oxygen atoms in total. The second kappa shape index (κ2) is 5.56. The van der Waals surface area contributed by atoms with Gasteiger partial charge in [-0.05, 0) is 23.8 Å². The Morgan fingerprint density at radius 1 is 0.889 bits per heavy atom. The van der Waals surface area contributed by atoms with Crippen LogP contribution in [-0.4, -0.2) is 19.3 Å².